The third-order valence-electron chi connectivity index (χ3n) is 4.00. The van der Waals surface area contributed by atoms with E-state index in [1.807, 2.05) is 6.92 Å². The van der Waals surface area contributed by atoms with E-state index in [9.17, 15) is 10.2 Å². The predicted octanol–water partition coefficient (Wildman–Crippen LogP) is -1.28. The van der Waals surface area contributed by atoms with Crippen molar-refractivity contribution in [3.8, 4) is 0 Å². The molecule has 18 heavy (non-hydrogen) atoms. The van der Waals surface area contributed by atoms with Crippen LogP contribution in [0.3, 0.4) is 0 Å². The minimum Gasteiger partial charge on any atom is -0.389 e. The lowest BCUT2D eigenvalue weighted by molar-refractivity contribution is -0.276. The maximum atomic E-state index is 10.3. The van der Waals surface area contributed by atoms with Gasteiger partial charge in [-0.15, -0.1) is 0 Å². The highest BCUT2D eigenvalue weighted by atomic mass is 16.7. The summed E-state index contributed by atoms with van der Waals surface area (Å²) in [5.41, 5.74) is 0. The molecule has 2 aliphatic rings. The summed E-state index contributed by atoms with van der Waals surface area (Å²) in [6, 6.07) is -0.313. The molecule has 0 aromatic rings. The molecule has 2 fully saturated rings. The number of piperazine rings is 1. The van der Waals surface area contributed by atoms with Crippen LogP contribution in [-0.2, 0) is 9.47 Å². The topological polar surface area (TPSA) is 65.4 Å². The highest BCUT2D eigenvalue weighted by molar-refractivity contribution is 4.95. The van der Waals surface area contributed by atoms with Crippen LogP contribution in [0.5, 0.6) is 0 Å². The summed E-state index contributed by atoms with van der Waals surface area (Å²) in [5.74, 6) is 0. The maximum Gasteiger partial charge on any atom is 0.185 e. The average Bonchev–Trinajstić information content (AvgIpc) is 2.36. The summed E-state index contributed by atoms with van der Waals surface area (Å²) in [6.07, 6.45) is -2.49. The van der Waals surface area contributed by atoms with Crippen LogP contribution in [0, 0.1) is 0 Å². The molecule has 2 N–H and O–H groups in total. The van der Waals surface area contributed by atoms with E-state index in [-0.39, 0.29) is 12.1 Å². The molecule has 2 aliphatic heterocycles. The molecule has 2 saturated heterocycles. The van der Waals surface area contributed by atoms with Crippen molar-refractivity contribution in [1.82, 2.24) is 9.80 Å². The summed E-state index contributed by atoms with van der Waals surface area (Å²) in [7, 11) is 3.59. The molecular weight excluding hydrogens is 236 g/mol. The Morgan fingerprint density at radius 2 is 1.72 bits per heavy atom. The minimum atomic E-state index is -0.815. The molecule has 0 unspecified atom stereocenters. The molecule has 5 atom stereocenters. The van der Waals surface area contributed by atoms with E-state index in [4.69, 9.17) is 9.47 Å². The lowest BCUT2D eigenvalue weighted by Crippen LogP contribution is -2.65. The summed E-state index contributed by atoms with van der Waals surface area (Å²) in [5, 5.41) is 20.5. The van der Waals surface area contributed by atoms with Crippen LogP contribution in [0.2, 0.25) is 0 Å². The average molecular weight is 260 g/mol. The number of rotatable bonds is 2. The summed E-state index contributed by atoms with van der Waals surface area (Å²) in [4.78, 5) is 4.38. The van der Waals surface area contributed by atoms with Crippen molar-refractivity contribution in [2.75, 3.05) is 40.3 Å². The third kappa shape index (κ3) is 2.68. The number of hydrogen-bond acceptors (Lipinski definition) is 6. The van der Waals surface area contributed by atoms with E-state index in [0.29, 0.717) is 0 Å². The van der Waals surface area contributed by atoms with Crippen LogP contribution in [0.25, 0.3) is 0 Å². The molecular formula is C12H24N2O4. The SMILES string of the molecule is CO[C@@H]1O[C@H](C)[C@@H](O)[C@H](N2CCN(C)CC2)[C@@H]1O. The van der Waals surface area contributed by atoms with E-state index in [1.165, 1.54) is 7.11 Å². The Morgan fingerprint density at radius 1 is 1.11 bits per heavy atom. The minimum absolute atomic E-state index is 0.313. The van der Waals surface area contributed by atoms with Crippen molar-refractivity contribution in [2.24, 2.45) is 0 Å². The zero-order chi connectivity index (χ0) is 13.3. The molecule has 2 rings (SSSR count). The first-order valence-electron chi connectivity index (χ1n) is 6.51. The molecule has 0 spiro atoms. The quantitative estimate of drug-likeness (QED) is 0.644. The monoisotopic (exact) mass is 260 g/mol. The van der Waals surface area contributed by atoms with Crippen LogP contribution in [0.4, 0.5) is 0 Å². The van der Waals surface area contributed by atoms with Gasteiger partial charge in [-0.05, 0) is 14.0 Å². The first kappa shape index (κ1) is 14.2. The molecule has 0 saturated carbocycles. The zero-order valence-electron chi connectivity index (χ0n) is 11.3. The van der Waals surface area contributed by atoms with Crippen molar-refractivity contribution in [3.63, 3.8) is 0 Å². The van der Waals surface area contributed by atoms with E-state index in [0.717, 1.165) is 26.2 Å². The zero-order valence-corrected chi connectivity index (χ0v) is 11.3. The largest absolute Gasteiger partial charge is 0.389 e. The maximum absolute atomic E-state index is 10.3. The van der Waals surface area contributed by atoms with Gasteiger partial charge in [0.25, 0.3) is 0 Å². The molecule has 106 valence electrons. The van der Waals surface area contributed by atoms with Gasteiger partial charge in [-0.3, -0.25) is 4.90 Å². The van der Waals surface area contributed by atoms with E-state index in [1.54, 1.807) is 0 Å². The summed E-state index contributed by atoms with van der Waals surface area (Å²) < 4.78 is 10.6. The fraction of sp³-hybridized carbons (Fsp3) is 1.00. The van der Waals surface area contributed by atoms with Crippen LogP contribution in [-0.4, -0.2) is 91.0 Å². The van der Waals surface area contributed by atoms with Gasteiger partial charge in [0.1, 0.15) is 6.10 Å². The van der Waals surface area contributed by atoms with Crippen molar-refractivity contribution >= 4 is 0 Å². The van der Waals surface area contributed by atoms with Gasteiger partial charge in [-0.2, -0.15) is 0 Å². The fourth-order valence-corrected chi connectivity index (χ4v) is 2.76. The van der Waals surface area contributed by atoms with Crippen molar-refractivity contribution in [2.45, 2.75) is 37.6 Å². The Labute approximate surface area is 108 Å². The summed E-state index contributed by atoms with van der Waals surface area (Å²) in [6.45, 7) is 5.40. The van der Waals surface area contributed by atoms with Gasteiger partial charge < -0.3 is 24.6 Å². The van der Waals surface area contributed by atoms with E-state index in [2.05, 4.69) is 16.8 Å². The number of nitrogens with zero attached hydrogens (tertiary/aromatic N) is 2. The van der Waals surface area contributed by atoms with Crippen molar-refractivity contribution < 1.29 is 19.7 Å². The molecule has 2 heterocycles. The lowest BCUT2D eigenvalue weighted by Gasteiger charge is -2.48. The second-order valence-corrected chi connectivity index (χ2v) is 5.26. The number of methoxy groups -OCH3 is 1. The number of hydrogen-bond donors (Lipinski definition) is 2. The fourth-order valence-electron chi connectivity index (χ4n) is 2.76. The molecule has 0 aromatic carbocycles. The van der Waals surface area contributed by atoms with Gasteiger partial charge in [-0.25, -0.2) is 0 Å². The first-order valence-corrected chi connectivity index (χ1v) is 6.51. The lowest BCUT2D eigenvalue weighted by atomic mass is 9.94. The molecule has 6 heteroatoms. The van der Waals surface area contributed by atoms with Gasteiger partial charge >= 0.3 is 0 Å². The van der Waals surface area contributed by atoms with Crippen LogP contribution in [0.1, 0.15) is 6.92 Å². The molecule has 0 bridgehead atoms. The van der Waals surface area contributed by atoms with Gasteiger partial charge in [0.2, 0.25) is 0 Å². The highest BCUT2D eigenvalue weighted by Gasteiger charge is 2.46. The Morgan fingerprint density at radius 3 is 2.28 bits per heavy atom. The third-order valence-corrected chi connectivity index (χ3v) is 4.00. The normalized spacial score (nSPS) is 44.2. The van der Waals surface area contributed by atoms with Gasteiger partial charge in [-0.1, -0.05) is 0 Å². The standard InChI is InChI=1S/C12H24N2O4/c1-8-10(15)9(11(16)12(17-3)18-8)14-6-4-13(2)5-7-14/h8-12,15-16H,4-7H2,1-3H3/t8-,9+,10-,11+,12-/m1/s1. The Bertz CT molecular complexity index is 271. The molecule has 0 aromatic heterocycles. The molecule has 6 nitrogen and oxygen atoms in total. The van der Waals surface area contributed by atoms with Gasteiger partial charge in [0.05, 0.1) is 18.2 Å². The first-order chi connectivity index (χ1) is 8.54. The smallest absolute Gasteiger partial charge is 0.185 e. The van der Waals surface area contributed by atoms with Gasteiger partial charge in [0, 0.05) is 33.3 Å². The molecule has 0 amide bonds. The molecule has 0 aliphatic carbocycles. The number of aliphatic hydroxyl groups excluding tert-OH is 2. The Kier molecular flexibility index (Phi) is 4.58. The van der Waals surface area contributed by atoms with Crippen LogP contribution < -0.4 is 0 Å². The van der Waals surface area contributed by atoms with Crippen molar-refractivity contribution in [3.05, 3.63) is 0 Å². The molecule has 0 radical (unpaired) electrons. The Hall–Kier alpha value is -0.240. The number of ether oxygens (including phenoxy) is 2. The second kappa shape index (κ2) is 5.81. The van der Waals surface area contributed by atoms with E-state index >= 15 is 0 Å². The van der Waals surface area contributed by atoms with Crippen LogP contribution >= 0.6 is 0 Å². The van der Waals surface area contributed by atoms with E-state index < -0.39 is 18.5 Å². The summed E-state index contributed by atoms with van der Waals surface area (Å²) >= 11 is 0. The van der Waals surface area contributed by atoms with Crippen LogP contribution in [0.15, 0.2) is 0 Å². The Balaban J connectivity index is 2.07. The highest BCUT2D eigenvalue weighted by Crippen LogP contribution is 2.26. The number of likely N-dealkylation sites (N-methyl/N-ethyl adjacent to an activating group) is 1. The van der Waals surface area contributed by atoms with Crippen molar-refractivity contribution in [1.29, 1.82) is 0 Å². The second-order valence-electron chi connectivity index (χ2n) is 5.26. The number of aliphatic hydroxyl groups is 2. The van der Waals surface area contributed by atoms with Gasteiger partial charge in [0.15, 0.2) is 6.29 Å². The predicted molar refractivity (Wildman–Crippen MR) is 66.2 cm³/mol.